The van der Waals surface area contributed by atoms with Crippen LogP contribution in [0.3, 0.4) is 0 Å². The summed E-state index contributed by atoms with van der Waals surface area (Å²) in [5, 5.41) is 2.98. The number of carbonyl (C=O) groups is 2. The molecule has 184 valence electrons. The summed E-state index contributed by atoms with van der Waals surface area (Å²) in [6.07, 6.45) is 4.47. The van der Waals surface area contributed by atoms with Crippen LogP contribution in [0.4, 0.5) is 0 Å². The first-order valence-electron chi connectivity index (χ1n) is 12.3. The summed E-state index contributed by atoms with van der Waals surface area (Å²) < 4.78 is 28.2. The molecule has 2 saturated heterocycles. The van der Waals surface area contributed by atoms with E-state index in [-0.39, 0.29) is 28.7 Å². The van der Waals surface area contributed by atoms with E-state index in [1.807, 2.05) is 6.92 Å². The highest BCUT2D eigenvalue weighted by molar-refractivity contribution is 7.89. The molecule has 0 bridgehead atoms. The fourth-order valence-corrected chi connectivity index (χ4v) is 6.77. The van der Waals surface area contributed by atoms with Crippen molar-refractivity contribution in [3.63, 3.8) is 0 Å². The Bertz CT molecular complexity index is 939. The molecule has 8 heteroatoms. The molecule has 3 rings (SSSR count). The van der Waals surface area contributed by atoms with Gasteiger partial charge in [0.25, 0.3) is 5.91 Å². The maximum absolute atomic E-state index is 13.4. The van der Waals surface area contributed by atoms with Crippen LogP contribution in [0.2, 0.25) is 0 Å². The highest BCUT2D eigenvalue weighted by Crippen LogP contribution is 2.28. The highest BCUT2D eigenvalue weighted by atomic mass is 32.2. The average molecular weight is 478 g/mol. The molecule has 0 spiro atoms. The minimum atomic E-state index is -3.67. The molecule has 4 atom stereocenters. The van der Waals surface area contributed by atoms with Gasteiger partial charge in [0.05, 0.1) is 10.8 Å². The van der Waals surface area contributed by atoms with Gasteiger partial charge >= 0.3 is 0 Å². The number of hydrogen-bond donors (Lipinski definition) is 1. The molecule has 1 N–H and O–H groups in total. The number of likely N-dealkylation sites (tertiary alicyclic amines) is 1. The number of hydrogen-bond acceptors (Lipinski definition) is 4. The van der Waals surface area contributed by atoms with Crippen LogP contribution in [0.5, 0.6) is 0 Å². The third-order valence-corrected chi connectivity index (χ3v) is 8.73. The van der Waals surface area contributed by atoms with Gasteiger partial charge in [-0.15, -0.1) is 0 Å². The van der Waals surface area contributed by atoms with Crippen LogP contribution in [0.1, 0.15) is 70.2 Å². The molecule has 0 radical (unpaired) electrons. The Morgan fingerprint density at radius 1 is 1.06 bits per heavy atom. The predicted molar refractivity (Wildman–Crippen MR) is 129 cm³/mol. The minimum absolute atomic E-state index is 0.00116. The second-order valence-electron chi connectivity index (χ2n) is 10.0. The van der Waals surface area contributed by atoms with Gasteiger partial charge in [-0.3, -0.25) is 9.59 Å². The fraction of sp³-hybridized carbons (Fsp3) is 0.680. The second kappa shape index (κ2) is 11.0. The lowest BCUT2D eigenvalue weighted by molar-refractivity contribution is -0.126. The minimum Gasteiger partial charge on any atom is -0.356 e. The Hall–Kier alpha value is -1.93. The van der Waals surface area contributed by atoms with Crippen LogP contribution in [-0.4, -0.2) is 61.7 Å². The Kier molecular flexibility index (Phi) is 8.56. The van der Waals surface area contributed by atoms with E-state index in [0.29, 0.717) is 43.6 Å². The van der Waals surface area contributed by atoms with Crippen LogP contribution >= 0.6 is 0 Å². The number of benzene rings is 1. The van der Waals surface area contributed by atoms with Crippen molar-refractivity contribution in [3.05, 3.63) is 29.8 Å². The summed E-state index contributed by atoms with van der Waals surface area (Å²) in [5.41, 5.74) is 0.355. The van der Waals surface area contributed by atoms with Crippen molar-refractivity contribution in [1.82, 2.24) is 14.5 Å². The van der Waals surface area contributed by atoms with Crippen LogP contribution in [-0.2, 0) is 14.8 Å². The summed E-state index contributed by atoms with van der Waals surface area (Å²) in [7, 11) is -3.67. The van der Waals surface area contributed by atoms with Gasteiger partial charge in [-0.1, -0.05) is 33.3 Å². The molecule has 2 fully saturated rings. The molecule has 2 amide bonds. The molecule has 0 aliphatic carbocycles. The Labute approximate surface area is 199 Å². The molecule has 2 aliphatic heterocycles. The molecule has 4 unspecified atom stereocenters. The maximum Gasteiger partial charge on any atom is 0.254 e. The Morgan fingerprint density at radius 3 is 2.42 bits per heavy atom. The van der Waals surface area contributed by atoms with E-state index >= 15 is 0 Å². The normalized spacial score (nSPS) is 26.7. The molecule has 1 aromatic rings. The summed E-state index contributed by atoms with van der Waals surface area (Å²) in [6, 6.07) is 6.38. The zero-order chi connectivity index (χ0) is 24.2. The van der Waals surface area contributed by atoms with Gasteiger partial charge in [0.2, 0.25) is 15.9 Å². The third-order valence-electron chi connectivity index (χ3n) is 6.90. The van der Waals surface area contributed by atoms with Crippen LogP contribution in [0.15, 0.2) is 29.2 Å². The summed E-state index contributed by atoms with van der Waals surface area (Å²) in [4.78, 5) is 27.8. The second-order valence-corrected chi connectivity index (χ2v) is 12.0. The van der Waals surface area contributed by atoms with Crippen molar-refractivity contribution in [2.75, 3.05) is 26.2 Å². The van der Waals surface area contributed by atoms with E-state index in [0.717, 1.165) is 32.1 Å². The molecule has 0 saturated carbocycles. The fourth-order valence-electron chi connectivity index (χ4n) is 5.04. The molecule has 1 aromatic carbocycles. The average Bonchev–Trinajstić information content (AvgIpc) is 2.78. The first kappa shape index (κ1) is 25.7. The lowest BCUT2D eigenvalue weighted by atomic mass is 9.92. The van der Waals surface area contributed by atoms with Gasteiger partial charge in [-0.2, -0.15) is 4.31 Å². The van der Waals surface area contributed by atoms with Crippen LogP contribution in [0, 0.1) is 17.8 Å². The molecule has 2 aliphatic rings. The molecule has 2 heterocycles. The monoisotopic (exact) mass is 477 g/mol. The van der Waals surface area contributed by atoms with Crippen molar-refractivity contribution in [1.29, 1.82) is 0 Å². The lowest BCUT2D eigenvalue weighted by Crippen LogP contribution is -2.49. The number of sulfonamides is 1. The lowest BCUT2D eigenvalue weighted by Gasteiger charge is -2.37. The van der Waals surface area contributed by atoms with Gasteiger partial charge in [0.1, 0.15) is 0 Å². The van der Waals surface area contributed by atoms with Crippen molar-refractivity contribution in [2.45, 2.75) is 70.7 Å². The molecule has 33 heavy (non-hydrogen) atoms. The Balaban J connectivity index is 1.76. The van der Waals surface area contributed by atoms with Gasteiger partial charge in [0, 0.05) is 37.8 Å². The third kappa shape index (κ3) is 6.15. The van der Waals surface area contributed by atoms with Gasteiger partial charge in [-0.25, -0.2) is 8.42 Å². The highest BCUT2D eigenvalue weighted by Gasteiger charge is 2.35. The first-order valence-corrected chi connectivity index (χ1v) is 13.8. The predicted octanol–water partition coefficient (Wildman–Crippen LogP) is 3.51. The van der Waals surface area contributed by atoms with Gasteiger partial charge in [-0.05, 0) is 62.6 Å². The number of rotatable bonds is 7. The van der Waals surface area contributed by atoms with E-state index in [2.05, 4.69) is 26.1 Å². The van der Waals surface area contributed by atoms with Crippen molar-refractivity contribution >= 4 is 21.8 Å². The number of nitrogens with one attached hydrogen (secondary N) is 1. The maximum atomic E-state index is 13.4. The van der Waals surface area contributed by atoms with Crippen LogP contribution < -0.4 is 5.32 Å². The van der Waals surface area contributed by atoms with E-state index in [1.54, 1.807) is 27.4 Å². The topological polar surface area (TPSA) is 86.8 Å². The molecule has 7 nitrogen and oxygen atoms in total. The number of carbonyl (C=O) groups excluding carboxylic acids is 2. The zero-order valence-corrected chi connectivity index (χ0v) is 21.2. The smallest absolute Gasteiger partial charge is 0.254 e. The van der Waals surface area contributed by atoms with Crippen molar-refractivity contribution in [3.8, 4) is 0 Å². The number of unbranched alkanes of at least 4 members (excludes halogenated alkanes) is 1. The molecule has 0 aromatic heterocycles. The van der Waals surface area contributed by atoms with Gasteiger partial charge in [0.15, 0.2) is 0 Å². The Morgan fingerprint density at radius 2 is 1.76 bits per heavy atom. The van der Waals surface area contributed by atoms with Crippen LogP contribution in [0.25, 0.3) is 0 Å². The number of piperidine rings is 2. The quantitative estimate of drug-likeness (QED) is 0.609. The van der Waals surface area contributed by atoms with E-state index in [4.69, 9.17) is 0 Å². The van der Waals surface area contributed by atoms with Crippen molar-refractivity contribution in [2.24, 2.45) is 17.8 Å². The largest absolute Gasteiger partial charge is 0.356 e. The zero-order valence-electron chi connectivity index (χ0n) is 20.4. The van der Waals surface area contributed by atoms with E-state index < -0.39 is 10.0 Å². The van der Waals surface area contributed by atoms with Crippen molar-refractivity contribution < 1.29 is 18.0 Å². The summed E-state index contributed by atoms with van der Waals surface area (Å²) >= 11 is 0. The van der Waals surface area contributed by atoms with E-state index in [1.165, 1.54) is 6.07 Å². The summed E-state index contributed by atoms with van der Waals surface area (Å²) in [5.74, 6) is 0.167. The van der Waals surface area contributed by atoms with Gasteiger partial charge < -0.3 is 10.2 Å². The number of nitrogens with zero attached hydrogens (tertiary/aromatic N) is 2. The first-order chi connectivity index (χ1) is 15.6. The molecular formula is C25H39N3O4S. The standard InChI is InChI=1S/C25H39N3O4S/c1-5-6-12-26-24(29)22-11-10-20(4)28(17-22)25(30)21-8-7-9-23(14-21)33(31,32)27-15-18(2)13-19(3)16-27/h7-9,14,18-20,22H,5-6,10-13,15-17H2,1-4H3,(H,26,29). The SMILES string of the molecule is CCCCNC(=O)C1CCC(C)N(C(=O)c2cccc(S(=O)(=O)N3CC(C)CC(C)C3)c2)C1. The van der Waals surface area contributed by atoms with E-state index in [9.17, 15) is 18.0 Å². The number of amides is 2. The summed E-state index contributed by atoms with van der Waals surface area (Å²) in [6.45, 7) is 10.2. The molecular weight excluding hydrogens is 438 g/mol.